The smallest absolute Gasteiger partial charge is 0.319 e. The van der Waals surface area contributed by atoms with Crippen LogP contribution >= 0.6 is 0 Å². The summed E-state index contributed by atoms with van der Waals surface area (Å²) < 4.78 is 10.1. The van der Waals surface area contributed by atoms with Crippen molar-refractivity contribution >= 4 is 12.0 Å². The van der Waals surface area contributed by atoms with E-state index in [0.29, 0.717) is 17.1 Å². The van der Waals surface area contributed by atoms with E-state index in [1.165, 1.54) is 25.2 Å². The van der Waals surface area contributed by atoms with Crippen LogP contribution in [-0.2, 0) is 4.79 Å². The molecule has 0 unspecified atom stereocenters. The molecule has 0 aliphatic heterocycles. The zero-order valence-electron chi connectivity index (χ0n) is 11.2. The van der Waals surface area contributed by atoms with Crippen molar-refractivity contribution < 1.29 is 14.3 Å². The summed E-state index contributed by atoms with van der Waals surface area (Å²) >= 11 is 0. The number of hydrogen-bond acceptors (Lipinski definition) is 5. The van der Waals surface area contributed by atoms with Gasteiger partial charge in [0.05, 0.1) is 25.5 Å². The lowest BCUT2D eigenvalue weighted by molar-refractivity contribution is -0.123. The Balaban J connectivity index is 3.12. The van der Waals surface area contributed by atoms with Gasteiger partial charge in [-0.1, -0.05) is 0 Å². The fourth-order valence-electron chi connectivity index (χ4n) is 1.27. The van der Waals surface area contributed by atoms with E-state index in [4.69, 9.17) is 9.47 Å². The fraction of sp³-hybridized carbons (Fsp3) is 0.417. The summed E-state index contributed by atoms with van der Waals surface area (Å²) in [5, 5.41) is 0. The summed E-state index contributed by atoms with van der Waals surface area (Å²) in [4.78, 5) is 21.2. The maximum atomic E-state index is 11.5. The normalized spacial score (nSPS) is 10.5. The van der Waals surface area contributed by atoms with E-state index in [9.17, 15) is 4.79 Å². The van der Waals surface area contributed by atoms with Crippen LogP contribution in [0.1, 0.15) is 11.3 Å². The van der Waals surface area contributed by atoms with Gasteiger partial charge in [-0.25, -0.2) is 0 Å². The number of methoxy groups -OCH3 is 2. The molecule has 1 heterocycles. The van der Waals surface area contributed by atoms with E-state index in [-0.39, 0.29) is 11.9 Å². The highest BCUT2D eigenvalue weighted by Gasteiger charge is 2.10. The molecule has 18 heavy (non-hydrogen) atoms. The molecular weight excluding hydrogens is 234 g/mol. The lowest BCUT2D eigenvalue weighted by Gasteiger charge is -2.09. The highest BCUT2D eigenvalue weighted by Crippen LogP contribution is 2.22. The third-order valence-electron chi connectivity index (χ3n) is 2.29. The number of carbonyl (C=O) groups is 1. The SMILES string of the molecule is COc1nc(C)c(C=CC(=O)N(C)C)c(OC)n1. The summed E-state index contributed by atoms with van der Waals surface area (Å²) in [5.41, 5.74) is 1.34. The Labute approximate surface area is 106 Å². The maximum absolute atomic E-state index is 11.5. The van der Waals surface area contributed by atoms with Crippen LogP contribution in [0.3, 0.4) is 0 Å². The maximum Gasteiger partial charge on any atom is 0.319 e. The Kier molecular flexibility index (Phi) is 4.65. The van der Waals surface area contributed by atoms with Crippen molar-refractivity contribution in [2.24, 2.45) is 0 Å². The zero-order valence-corrected chi connectivity index (χ0v) is 11.2. The van der Waals surface area contributed by atoms with Crippen LogP contribution < -0.4 is 9.47 Å². The minimum absolute atomic E-state index is 0.118. The third-order valence-corrected chi connectivity index (χ3v) is 2.29. The number of ether oxygens (including phenoxy) is 2. The molecule has 0 saturated carbocycles. The highest BCUT2D eigenvalue weighted by atomic mass is 16.5. The van der Waals surface area contributed by atoms with E-state index in [1.54, 1.807) is 27.1 Å². The second-order valence-electron chi connectivity index (χ2n) is 3.78. The molecule has 6 heteroatoms. The van der Waals surface area contributed by atoms with Crippen molar-refractivity contribution in [1.29, 1.82) is 0 Å². The van der Waals surface area contributed by atoms with Crippen LogP contribution in [0.2, 0.25) is 0 Å². The molecule has 6 nitrogen and oxygen atoms in total. The molecule has 1 aromatic rings. The van der Waals surface area contributed by atoms with Crippen LogP contribution in [-0.4, -0.2) is 49.1 Å². The lowest BCUT2D eigenvalue weighted by Crippen LogP contribution is -2.18. The first kappa shape index (κ1) is 14.0. The second kappa shape index (κ2) is 6.00. The van der Waals surface area contributed by atoms with Crippen LogP contribution in [0.5, 0.6) is 11.9 Å². The molecule has 0 aromatic carbocycles. The number of rotatable bonds is 4. The second-order valence-corrected chi connectivity index (χ2v) is 3.78. The Morgan fingerprint density at radius 1 is 1.22 bits per heavy atom. The number of amides is 1. The average Bonchev–Trinajstić information content (AvgIpc) is 2.35. The van der Waals surface area contributed by atoms with E-state index in [0.717, 1.165) is 0 Å². The van der Waals surface area contributed by atoms with Gasteiger partial charge in [-0.2, -0.15) is 9.97 Å². The highest BCUT2D eigenvalue weighted by molar-refractivity contribution is 5.91. The number of hydrogen-bond donors (Lipinski definition) is 0. The van der Waals surface area contributed by atoms with Gasteiger partial charge in [0.2, 0.25) is 11.8 Å². The standard InChI is InChI=1S/C12H17N3O3/c1-8-9(6-7-10(16)15(2)3)11(17-4)14-12(13-8)18-5/h6-7H,1-5H3. The Morgan fingerprint density at radius 3 is 2.39 bits per heavy atom. The molecule has 98 valence electrons. The average molecular weight is 251 g/mol. The van der Waals surface area contributed by atoms with E-state index in [2.05, 4.69) is 9.97 Å². The van der Waals surface area contributed by atoms with E-state index >= 15 is 0 Å². The van der Waals surface area contributed by atoms with Crippen molar-refractivity contribution in [3.05, 3.63) is 17.3 Å². The molecule has 0 N–H and O–H groups in total. The van der Waals surface area contributed by atoms with Crippen LogP contribution in [0, 0.1) is 6.92 Å². The van der Waals surface area contributed by atoms with Crippen LogP contribution in [0.25, 0.3) is 6.08 Å². The minimum Gasteiger partial charge on any atom is -0.480 e. The topological polar surface area (TPSA) is 64.5 Å². The predicted octanol–water partition coefficient (Wildman–Crippen LogP) is 0.904. The molecule has 0 spiro atoms. The number of likely N-dealkylation sites (N-methyl/N-ethyl adjacent to an activating group) is 1. The van der Waals surface area contributed by atoms with Gasteiger partial charge in [0.1, 0.15) is 0 Å². The number of nitrogens with zero attached hydrogens (tertiary/aromatic N) is 3. The van der Waals surface area contributed by atoms with Crippen molar-refractivity contribution in [2.75, 3.05) is 28.3 Å². The molecule has 0 atom stereocenters. The van der Waals surface area contributed by atoms with Gasteiger partial charge >= 0.3 is 6.01 Å². The Bertz CT molecular complexity index is 470. The molecule has 0 fully saturated rings. The van der Waals surface area contributed by atoms with Crippen LogP contribution in [0.15, 0.2) is 6.08 Å². The molecular formula is C12H17N3O3. The molecule has 1 rings (SSSR count). The lowest BCUT2D eigenvalue weighted by atomic mass is 10.2. The van der Waals surface area contributed by atoms with Crippen molar-refractivity contribution in [1.82, 2.24) is 14.9 Å². The van der Waals surface area contributed by atoms with Gasteiger partial charge in [0.15, 0.2) is 0 Å². The first-order chi connectivity index (χ1) is 8.49. The molecule has 0 bridgehead atoms. The molecule has 1 amide bonds. The minimum atomic E-state index is -0.118. The monoisotopic (exact) mass is 251 g/mol. The van der Waals surface area contributed by atoms with Crippen molar-refractivity contribution in [2.45, 2.75) is 6.92 Å². The first-order valence-corrected chi connectivity index (χ1v) is 5.35. The summed E-state index contributed by atoms with van der Waals surface area (Å²) in [6.45, 7) is 1.80. The van der Waals surface area contributed by atoms with Gasteiger partial charge in [0.25, 0.3) is 0 Å². The number of carbonyl (C=O) groups excluding carboxylic acids is 1. The predicted molar refractivity (Wildman–Crippen MR) is 67.6 cm³/mol. The third kappa shape index (κ3) is 3.19. The fourth-order valence-corrected chi connectivity index (χ4v) is 1.27. The first-order valence-electron chi connectivity index (χ1n) is 5.35. The van der Waals surface area contributed by atoms with Gasteiger partial charge in [-0.3, -0.25) is 4.79 Å². The number of aryl methyl sites for hydroxylation is 1. The van der Waals surface area contributed by atoms with Gasteiger partial charge < -0.3 is 14.4 Å². The summed E-state index contributed by atoms with van der Waals surface area (Å²) in [6.07, 6.45) is 3.08. The van der Waals surface area contributed by atoms with Gasteiger partial charge in [-0.15, -0.1) is 0 Å². The molecule has 1 aromatic heterocycles. The Morgan fingerprint density at radius 2 is 1.89 bits per heavy atom. The molecule has 0 radical (unpaired) electrons. The molecule has 0 aliphatic rings. The summed E-state index contributed by atoms with van der Waals surface area (Å²) in [5.74, 6) is 0.259. The van der Waals surface area contributed by atoms with Crippen molar-refractivity contribution in [3.8, 4) is 11.9 Å². The Hall–Kier alpha value is -2.11. The largest absolute Gasteiger partial charge is 0.480 e. The summed E-state index contributed by atoms with van der Waals surface area (Å²) in [6, 6.07) is 0.237. The van der Waals surface area contributed by atoms with Gasteiger partial charge in [-0.05, 0) is 13.0 Å². The zero-order chi connectivity index (χ0) is 13.7. The quantitative estimate of drug-likeness (QED) is 0.744. The van der Waals surface area contributed by atoms with Crippen molar-refractivity contribution in [3.63, 3.8) is 0 Å². The van der Waals surface area contributed by atoms with Crippen LogP contribution in [0.4, 0.5) is 0 Å². The summed E-state index contributed by atoms with van der Waals surface area (Å²) in [7, 11) is 6.36. The van der Waals surface area contributed by atoms with Gasteiger partial charge in [0, 0.05) is 20.2 Å². The van der Waals surface area contributed by atoms with E-state index in [1.807, 2.05) is 0 Å². The van der Waals surface area contributed by atoms with E-state index < -0.39 is 0 Å². The molecule has 0 aliphatic carbocycles. The molecule has 0 saturated heterocycles. The number of aromatic nitrogens is 2.